The summed E-state index contributed by atoms with van der Waals surface area (Å²) in [7, 11) is 0. The number of nitrogens with zero attached hydrogens (tertiary/aromatic N) is 1. The van der Waals surface area contributed by atoms with E-state index in [0.717, 1.165) is 27.6 Å². The molecule has 1 N–H and O–H groups in total. The molecule has 2 aromatic rings. The highest BCUT2D eigenvalue weighted by Crippen LogP contribution is 2.21. The first kappa shape index (κ1) is 14.7. The summed E-state index contributed by atoms with van der Waals surface area (Å²) in [5.41, 5.74) is 2.03. The van der Waals surface area contributed by atoms with Crippen LogP contribution in [0.2, 0.25) is 0 Å². The first-order chi connectivity index (χ1) is 9.58. The summed E-state index contributed by atoms with van der Waals surface area (Å²) in [6.07, 6.45) is 1.22. The van der Waals surface area contributed by atoms with Crippen molar-refractivity contribution in [1.29, 1.82) is 0 Å². The van der Waals surface area contributed by atoms with Crippen LogP contribution in [-0.2, 0) is 17.8 Å². The molecule has 0 aliphatic carbocycles. The normalized spacial score (nSPS) is 10.6. The molecule has 0 aliphatic heterocycles. The molecule has 1 amide bonds. The average Bonchev–Trinajstić information content (AvgIpc) is 2.79. The molecule has 0 unspecified atom stereocenters. The van der Waals surface area contributed by atoms with Crippen molar-refractivity contribution >= 4 is 17.2 Å². The topological polar surface area (TPSA) is 42.0 Å². The summed E-state index contributed by atoms with van der Waals surface area (Å²) in [6.45, 7) is 4.25. The summed E-state index contributed by atoms with van der Waals surface area (Å²) < 4.78 is 12.9. The Morgan fingerprint density at radius 3 is 2.70 bits per heavy atom. The molecular formula is C15H17FN2OS. The number of hydrogen-bond acceptors (Lipinski definition) is 3. The molecular weight excluding hydrogens is 275 g/mol. The fourth-order valence-corrected chi connectivity index (χ4v) is 2.86. The number of aryl methyl sites for hydroxylation is 1. The highest BCUT2D eigenvalue weighted by molar-refractivity contribution is 7.11. The van der Waals surface area contributed by atoms with Crippen LogP contribution in [-0.4, -0.2) is 10.9 Å². The van der Waals surface area contributed by atoms with Crippen molar-refractivity contribution in [2.24, 2.45) is 0 Å². The Balaban J connectivity index is 2.03. The summed E-state index contributed by atoms with van der Waals surface area (Å²) in [4.78, 5) is 16.8. The molecule has 3 nitrogen and oxygen atoms in total. The summed E-state index contributed by atoms with van der Waals surface area (Å²) in [6, 6.07) is 6.50. The van der Waals surface area contributed by atoms with Gasteiger partial charge in [-0.05, 0) is 24.6 Å². The number of carbonyl (C=O) groups is 1. The van der Waals surface area contributed by atoms with E-state index in [1.165, 1.54) is 12.1 Å². The van der Waals surface area contributed by atoms with Gasteiger partial charge in [-0.2, -0.15) is 0 Å². The molecule has 0 bridgehead atoms. The van der Waals surface area contributed by atoms with Gasteiger partial charge in [0.15, 0.2) is 0 Å². The van der Waals surface area contributed by atoms with E-state index in [1.54, 1.807) is 23.5 Å². The number of nitrogens with one attached hydrogen (secondary N) is 1. The number of amides is 1. The van der Waals surface area contributed by atoms with Crippen molar-refractivity contribution in [3.05, 3.63) is 51.2 Å². The Kier molecular flexibility index (Phi) is 4.84. The van der Waals surface area contributed by atoms with E-state index in [2.05, 4.69) is 10.3 Å². The highest BCUT2D eigenvalue weighted by atomic mass is 32.1. The quantitative estimate of drug-likeness (QED) is 0.919. The van der Waals surface area contributed by atoms with Crippen LogP contribution in [0, 0.1) is 12.7 Å². The second-order valence-electron chi connectivity index (χ2n) is 4.55. The maximum Gasteiger partial charge on any atom is 0.220 e. The van der Waals surface area contributed by atoms with Crippen molar-refractivity contribution in [2.45, 2.75) is 33.2 Å². The fourth-order valence-electron chi connectivity index (χ4n) is 1.81. The van der Waals surface area contributed by atoms with E-state index in [-0.39, 0.29) is 11.7 Å². The zero-order chi connectivity index (χ0) is 14.5. The van der Waals surface area contributed by atoms with Crippen molar-refractivity contribution in [3.8, 4) is 0 Å². The van der Waals surface area contributed by atoms with E-state index < -0.39 is 0 Å². The van der Waals surface area contributed by atoms with Gasteiger partial charge in [-0.15, -0.1) is 11.3 Å². The van der Waals surface area contributed by atoms with Crippen molar-refractivity contribution in [1.82, 2.24) is 10.3 Å². The predicted octanol–water partition coefficient (Wildman–Crippen LogP) is 3.21. The minimum absolute atomic E-state index is 0.0259. The molecule has 106 valence electrons. The maximum atomic E-state index is 12.9. The molecule has 2 rings (SSSR count). The molecule has 0 saturated carbocycles. The molecule has 0 aliphatic rings. The molecule has 0 radical (unpaired) electrons. The first-order valence-electron chi connectivity index (χ1n) is 6.54. The third-order valence-electron chi connectivity index (χ3n) is 2.97. The fraction of sp³-hybridized carbons (Fsp3) is 0.333. The van der Waals surface area contributed by atoms with Crippen LogP contribution in [0.4, 0.5) is 4.39 Å². The van der Waals surface area contributed by atoms with Gasteiger partial charge < -0.3 is 5.32 Å². The second-order valence-corrected chi connectivity index (χ2v) is 5.72. The lowest BCUT2D eigenvalue weighted by molar-refractivity contribution is -0.120. The monoisotopic (exact) mass is 292 g/mol. The molecule has 1 aromatic heterocycles. The van der Waals surface area contributed by atoms with Crippen LogP contribution >= 0.6 is 11.3 Å². The Hall–Kier alpha value is -1.75. The lowest BCUT2D eigenvalue weighted by atomic mass is 10.1. The third kappa shape index (κ3) is 3.87. The molecule has 5 heteroatoms. The van der Waals surface area contributed by atoms with Crippen LogP contribution in [0.3, 0.4) is 0 Å². The minimum atomic E-state index is -0.224. The Bertz CT molecular complexity index is 592. The molecule has 0 saturated heterocycles. The zero-order valence-electron chi connectivity index (χ0n) is 11.6. The van der Waals surface area contributed by atoms with E-state index in [9.17, 15) is 9.18 Å². The molecule has 20 heavy (non-hydrogen) atoms. The number of rotatable bonds is 5. The third-order valence-corrected chi connectivity index (χ3v) is 4.13. The predicted molar refractivity (Wildman–Crippen MR) is 78.2 cm³/mol. The van der Waals surface area contributed by atoms with E-state index in [1.807, 2.05) is 13.8 Å². The van der Waals surface area contributed by atoms with Crippen LogP contribution in [0.5, 0.6) is 0 Å². The lowest BCUT2D eigenvalue weighted by Crippen LogP contribution is -2.21. The number of halogens is 1. The van der Waals surface area contributed by atoms with E-state index in [4.69, 9.17) is 0 Å². The second kappa shape index (κ2) is 6.61. The molecule has 1 heterocycles. The molecule has 0 spiro atoms. The summed E-state index contributed by atoms with van der Waals surface area (Å²) in [5.74, 6) is -0.198. The number of benzene rings is 1. The van der Waals surface area contributed by atoms with Crippen LogP contribution in [0.1, 0.15) is 34.5 Å². The number of aromatic nitrogens is 1. The largest absolute Gasteiger partial charge is 0.350 e. The summed E-state index contributed by atoms with van der Waals surface area (Å²) in [5, 5.41) is 3.72. The van der Waals surface area contributed by atoms with Crippen LogP contribution in [0.25, 0.3) is 0 Å². The van der Waals surface area contributed by atoms with Gasteiger partial charge in [-0.1, -0.05) is 19.1 Å². The number of thiazole rings is 1. The lowest BCUT2D eigenvalue weighted by Gasteiger charge is -1.99. The van der Waals surface area contributed by atoms with Gasteiger partial charge in [0, 0.05) is 17.7 Å². The SMILES string of the molecule is CCC(=O)NCc1nc(C)c(Cc2ccc(F)cc2)s1. The van der Waals surface area contributed by atoms with Gasteiger partial charge in [0.1, 0.15) is 10.8 Å². The van der Waals surface area contributed by atoms with Crippen molar-refractivity contribution < 1.29 is 9.18 Å². The minimum Gasteiger partial charge on any atom is -0.350 e. The van der Waals surface area contributed by atoms with Gasteiger partial charge in [-0.25, -0.2) is 9.37 Å². The van der Waals surface area contributed by atoms with Gasteiger partial charge in [0.2, 0.25) is 5.91 Å². The van der Waals surface area contributed by atoms with Crippen molar-refractivity contribution in [2.75, 3.05) is 0 Å². The van der Waals surface area contributed by atoms with Gasteiger partial charge in [-0.3, -0.25) is 4.79 Å². The van der Waals surface area contributed by atoms with E-state index in [0.29, 0.717) is 13.0 Å². The molecule has 0 atom stereocenters. The molecule has 0 fully saturated rings. The summed E-state index contributed by atoms with van der Waals surface area (Å²) >= 11 is 1.59. The highest BCUT2D eigenvalue weighted by Gasteiger charge is 2.09. The number of carbonyl (C=O) groups excluding carboxylic acids is 1. The smallest absolute Gasteiger partial charge is 0.220 e. The zero-order valence-corrected chi connectivity index (χ0v) is 12.4. The first-order valence-corrected chi connectivity index (χ1v) is 7.36. The Morgan fingerprint density at radius 1 is 1.35 bits per heavy atom. The number of hydrogen-bond donors (Lipinski definition) is 1. The van der Waals surface area contributed by atoms with Gasteiger partial charge in [0.05, 0.1) is 12.2 Å². The Labute approximate surface area is 121 Å². The standard InChI is InChI=1S/C15H17FN2OS/c1-3-14(19)17-9-15-18-10(2)13(20-15)8-11-4-6-12(16)7-5-11/h4-7H,3,8-9H2,1-2H3,(H,17,19). The van der Waals surface area contributed by atoms with Gasteiger partial charge >= 0.3 is 0 Å². The van der Waals surface area contributed by atoms with Crippen LogP contribution < -0.4 is 5.32 Å². The average molecular weight is 292 g/mol. The van der Waals surface area contributed by atoms with Gasteiger partial charge in [0.25, 0.3) is 0 Å². The Morgan fingerprint density at radius 2 is 2.05 bits per heavy atom. The van der Waals surface area contributed by atoms with Crippen LogP contribution in [0.15, 0.2) is 24.3 Å². The van der Waals surface area contributed by atoms with Crippen molar-refractivity contribution in [3.63, 3.8) is 0 Å². The molecule has 1 aromatic carbocycles. The van der Waals surface area contributed by atoms with E-state index >= 15 is 0 Å². The maximum absolute atomic E-state index is 12.9.